The standard InChI is InChI=1S/C16H24N4/c17-9-11-19(15-6-2-1-3-7-15)12-14-13-20-10-5-4-8-16(20)18-14/h4-5,8,10,13,15H,1-3,6-7,9,11-12,17H2. The molecule has 2 heterocycles. The second-order valence-corrected chi connectivity index (χ2v) is 5.75. The summed E-state index contributed by atoms with van der Waals surface area (Å²) in [7, 11) is 0. The summed E-state index contributed by atoms with van der Waals surface area (Å²) < 4.78 is 2.09. The van der Waals surface area contributed by atoms with Crippen molar-refractivity contribution in [2.45, 2.75) is 44.7 Å². The molecule has 0 spiro atoms. The maximum Gasteiger partial charge on any atom is 0.137 e. The highest BCUT2D eigenvalue weighted by Crippen LogP contribution is 2.23. The average molecular weight is 272 g/mol. The van der Waals surface area contributed by atoms with Crippen LogP contribution in [0.15, 0.2) is 30.6 Å². The highest BCUT2D eigenvalue weighted by molar-refractivity contribution is 5.39. The number of imidazole rings is 1. The Bertz CT molecular complexity index is 509. The molecule has 0 aliphatic heterocycles. The fourth-order valence-electron chi connectivity index (χ4n) is 3.27. The second kappa shape index (κ2) is 6.37. The molecule has 1 saturated carbocycles. The molecule has 0 saturated heterocycles. The molecule has 1 aliphatic rings. The van der Waals surface area contributed by atoms with Crippen molar-refractivity contribution >= 4 is 5.65 Å². The zero-order chi connectivity index (χ0) is 13.8. The largest absolute Gasteiger partial charge is 0.329 e. The Hall–Kier alpha value is -1.39. The highest BCUT2D eigenvalue weighted by Gasteiger charge is 2.21. The summed E-state index contributed by atoms with van der Waals surface area (Å²) in [5.74, 6) is 0. The molecule has 0 bridgehead atoms. The molecule has 0 aromatic carbocycles. The average Bonchev–Trinajstić information content (AvgIpc) is 2.90. The number of nitrogens with two attached hydrogens (primary N) is 1. The van der Waals surface area contributed by atoms with Gasteiger partial charge in [-0.2, -0.15) is 0 Å². The Labute approximate surface area is 120 Å². The van der Waals surface area contributed by atoms with E-state index in [0.717, 1.165) is 31.0 Å². The van der Waals surface area contributed by atoms with E-state index in [2.05, 4.69) is 27.8 Å². The van der Waals surface area contributed by atoms with Crippen LogP contribution in [0, 0.1) is 0 Å². The van der Waals surface area contributed by atoms with Gasteiger partial charge in [0.15, 0.2) is 0 Å². The molecule has 108 valence electrons. The molecule has 2 aromatic heterocycles. The lowest BCUT2D eigenvalue weighted by molar-refractivity contribution is 0.151. The number of nitrogens with zero attached hydrogens (tertiary/aromatic N) is 3. The highest BCUT2D eigenvalue weighted by atomic mass is 15.2. The van der Waals surface area contributed by atoms with Crippen LogP contribution in [0.25, 0.3) is 5.65 Å². The van der Waals surface area contributed by atoms with E-state index in [9.17, 15) is 0 Å². The first-order valence-electron chi connectivity index (χ1n) is 7.73. The molecule has 3 rings (SSSR count). The predicted molar refractivity (Wildman–Crippen MR) is 81.5 cm³/mol. The summed E-state index contributed by atoms with van der Waals surface area (Å²) in [5, 5.41) is 0. The van der Waals surface area contributed by atoms with Gasteiger partial charge in [0.05, 0.1) is 5.69 Å². The quantitative estimate of drug-likeness (QED) is 0.909. The van der Waals surface area contributed by atoms with Crippen molar-refractivity contribution < 1.29 is 0 Å². The number of hydrogen-bond acceptors (Lipinski definition) is 3. The van der Waals surface area contributed by atoms with Gasteiger partial charge in [-0.25, -0.2) is 4.98 Å². The van der Waals surface area contributed by atoms with Crippen LogP contribution in [-0.2, 0) is 6.54 Å². The second-order valence-electron chi connectivity index (χ2n) is 5.75. The number of fused-ring (bicyclic) bond motifs is 1. The third kappa shape index (κ3) is 3.02. The van der Waals surface area contributed by atoms with Crippen molar-refractivity contribution in [1.29, 1.82) is 0 Å². The molecule has 2 aromatic rings. The van der Waals surface area contributed by atoms with Gasteiger partial charge in [0.2, 0.25) is 0 Å². The van der Waals surface area contributed by atoms with E-state index in [1.54, 1.807) is 0 Å². The maximum atomic E-state index is 5.80. The van der Waals surface area contributed by atoms with Crippen LogP contribution in [0.2, 0.25) is 0 Å². The van der Waals surface area contributed by atoms with Gasteiger partial charge >= 0.3 is 0 Å². The molecule has 20 heavy (non-hydrogen) atoms. The topological polar surface area (TPSA) is 46.6 Å². The molecule has 1 fully saturated rings. The minimum absolute atomic E-state index is 0.692. The van der Waals surface area contributed by atoms with Crippen molar-refractivity contribution in [3.63, 3.8) is 0 Å². The van der Waals surface area contributed by atoms with Crippen molar-refractivity contribution in [2.75, 3.05) is 13.1 Å². The van der Waals surface area contributed by atoms with E-state index < -0.39 is 0 Å². The van der Waals surface area contributed by atoms with E-state index in [4.69, 9.17) is 10.7 Å². The summed E-state index contributed by atoms with van der Waals surface area (Å²) in [6.45, 7) is 2.62. The predicted octanol–water partition coefficient (Wildman–Crippen LogP) is 2.43. The molecule has 0 radical (unpaired) electrons. The van der Waals surface area contributed by atoms with Crippen molar-refractivity contribution in [3.8, 4) is 0 Å². The summed E-state index contributed by atoms with van der Waals surface area (Å²) in [6.07, 6.45) is 10.9. The van der Waals surface area contributed by atoms with Gasteiger partial charge in [-0.1, -0.05) is 25.3 Å². The maximum absolute atomic E-state index is 5.80. The number of aromatic nitrogens is 2. The lowest BCUT2D eigenvalue weighted by Gasteiger charge is -2.33. The number of hydrogen-bond donors (Lipinski definition) is 1. The third-order valence-corrected chi connectivity index (χ3v) is 4.29. The van der Waals surface area contributed by atoms with Gasteiger partial charge in [0.25, 0.3) is 0 Å². The minimum Gasteiger partial charge on any atom is -0.329 e. The molecule has 0 amide bonds. The summed E-state index contributed by atoms with van der Waals surface area (Å²) in [6, 6.07) is 6.82. The number of pyridine rings is 1. The minimum atomic E-state index is 0.692. The Kier molecular flexibility index (Phi) is 4.33. The normalized spacial score (nSPS) is 17.1. The van der Waals surface area contributed by atoms with E-state index in [1.165, 1.54) is 32.1 Å². The van der Waals surface area contributed by atoms with Gasteiger partial charge < -0.3 is 10.1 Å². The van der Waals surface area contributed by atoms with Crippen LogP contribution in [0.1, 0.15) is 37.8 Å². The SMILES string of the molecule is NCCN(Cc1cn2ccccc2n1)C1CCCCC1. The summed E-state index contributed by atoms with van der Waals surface area (Å²) in [4.78, 5) is 7.24. The zero-order valence-corrected chi connectivity index (χ0v) is 12.0. The Balaban J connectivity index is 1.74. The first-order chi connectivity index (χ1) is 9.86. The molecular weight excluding hydrogens is 248 g/mol. The molecule has 0 atom stereocenters. The molecule has 0 unspecified atom stereocenters. The van der Waals surface area contributed by atoms with Crippen molar-refractivity contribution in [3.05, 3.63) is 36.3 Å². The molecule has 1 aliphatic carbocycles. The van der Waals surface area contributed by atoms with Crippen molar-refractivity contribution in [2.24, 2.45) is 5.73 Å². The number of rotatable bonds is 5. The fraction of sp³-hybridized carbons (Fsp3) is 0.562. The van der Waals surface area contributed by atoms with Gasteiger partial charge in [-0.15, -0.1) is 0 Å². The fourth-order valence-corrected chi connectivity index (χ4v) is 3.27. The van der Waals surface area contributed by atoms with Gasteiger partial charge in [-0.3, -0.25) is 4.90 Å². The monoisotopic (exact) mass is 272 g/mol. The van der Waals surface area contributed by atoms with Crippen LogP contribution in [0.4, 0.5) is 0 Å². The van der Waals surface area contributed by atoms with E-state index in [-0.39, 0.29) is 0 Å². The van der Waals surface area contributed by atoms with E-state index in [0.29, 0.717) is 6.04 Å². The smallest absolute Gasteiger partial charge is 0.137 e. The van der Waals surface area contributed by atoms with E-state index in [1.807, 2.05) is 12.1 Å². The first kappa shape index (κ1) is 13.6. The van der Waals surface area contributed by atoms with Crippen LogP contribution in [-0.4, -0.2) is 33.4 Å². The van der Waals surface area contributed by atoms with Gasteiger partial charge in [-0.05, 0) is 25.0 Å². The third-order valence-electron chi connectivity index (χ3n) is 4.29. The van der Waals surface area contributed by atoms with E-state index >= 15 is 0 Å². The molecule has 4 heteroatoms. The van der Waals surface area contributed by atoms with Crippen LogP contribution in [0.3, 0.4) is 0 Å². The van der Waals surface area contributed by atoms with Crippen molar-refractivity contribution in [1.82, 2.24) is 14.3 Å². The molecule has 4 nitrogen and oxygen atoms in total. The molecular formula is C16H24N4. The van der Waals surface area contributed by atoms with Crippen LogP contribution < -0.4 is 5.73 Å². The van der Waals surface area contributed by atoms with Crippen LogP contribution in [0.5, 0.6) is 0 Å². The zero-order valence-electron chi connectivity index (χ0n) is 12.0. The first-order valence-corrected chi connectivity index (χ1v) is 7.73. The van der Waals surface area contributed by atoms with Crippen LogP contribution >= 0.6 is 0 Å². The lowest BCUT2D eigenvalue weighted by atomic mass is 9.94. The molecule has 2 N–H and O–H groups in total. The van der Waals surface area contributed by atoms with Gasteiger partial charge in [0, 0.05) is 38.1 Å². The Morgan fingerprint density at radius 2 is 2.10 bits per heavy atom. The van der Waals surface area contributed by atoms with Gasteiger partial charge in [0.1, 0.15) is 5.65 Å². The Morgan fingerprint density at radius 3 is 2.85 bits per heavy atom. The lowest BCUT2D eigenvalue weighted by Crippen LogP contribution is -2.39. The Morgan fingerprint density at radius 1 is 1.25 bits per heavy atom. The summed E-state index contributed by atoms with van der Waals surface area (Å²) in [5.41, 5.74) is 7.97. The summed E-state index contributed by atoms with van der Waals surface area (Å²) >= 11 is 0.